The minimum Gasteiger partial charge on any atom is -0.274 e. The predicted molar refractivity (Wildman–Crippen MR) is 77.1 cm³/mol. The van der Waals surface area contributed by atoms with E-state index in [2.05, 4.69) is 26.2 Å². The Hall–Kier alpha value is -1.73. The standard InChI is InChI=1S/C13H15BrN4O2/c1-9(10-7-5-4-6-8-10)18-11(12(14)15-16-18)13(19)17(2)20-3/h4-9H,1-3H3/t9-/m1/s1. The van der Waals surface area contributed by atoms with Gasteiger partial charge in [0.2, 0.25) is 0 Å². The Balaban J connectivity index is 2.41. The van der Waals surface area contributed by atoms with Crippen LogP contribution < -0.4 is 0 Å². The first-order valence-corrected chi connectivity index (χ1v) is 6.83. The quantitative estimate of drug-likeness (QED) is 0.802. The average molecular weight is 339 g/mol. The zero-order valence-corrected chi connectivity index (χ0v) is 13.0. The van der Waals surface area contributed by atoms with Crippen LogP contribution in [0.15, 0.2) is 34.9 Å². The number of nitrogens with zero attached hydrogens (tertiary/aromatic N) is 4. The first-order valence-electron chi connectivity index (χ1n) is 6.04. The predicted octanol–water partition coefficient (Wildman–Crippen LogP) is 2.28. The normalized spacial score (nSPS) is 12.2. The molecule has 1 amide bonds. The number of halogens is 1. The van der Waals surface area contributed by atoms with E-state index in [1.165, 1.54) is 7.11 Å². The maximum absolute atomic E-state index is 12.3. The van der Waals surface area contributed by atoms with E-state index in [9.17, 15) is 4.79 Å². The van der Waals surface area contributed by atoms with Gasteiger partial charge in [-0.15, -0.1) is 5.10 Å². The summed E-state index contributed by atoms with van der Waals surface area (Å²) in [6, 6.07) is 9.68. The molecule has 0 bridgehead atoms. The van der Waals surface area contributed by atoms with Gasteiger partial charge in [0.15, 0.2) is 10.3 Å². The molecule has 0 saturated carbocycles. The molecule has 1 aromatic carbocycles. The third-order valence-electron chi connectivity index (χ3n) is 3.06. The molecule has 6 nitrogen and oxygen atoms in total. The van der Waals surface area contributed by atoms with Crippen molar-refractivity contribution < 1.29 is 9.63 Å². The SMILES string of the molecule is CON(C)C(=O)c1c(Br)nnn1[C@H](C)c1ccccc1. The van der Waals surface area contributed by atoms with Crippen LogP contribution in [0.4, 0.5) is 0 Å². The molecule has 20 heavy (non-hydrogen) atoms. The van der Waals surface area contributed by atoms with Crippen LogP contribution in [0, 0.1) is 0 Å². The molecular formula is C13H15BrN4O2. The van der Waals surface area contributed by atoms with Crippen LogP contribution in [0.1, 0.15) is 29.0 Å². The number of carbonyl (C=O) groups is 1. The summed E-state index contributed by atoms with van der Waals surface area (Å²) in [6.07, 6.45) is 0. The van der Waals surface area contributed by atoms with E-state index in [0.717, 1.165) is 10.6 Å². The van der Waals surface area contributed by atoms with Gasteiger partial charge in [0.05, 0.1) is 13.2 Å². The minimum atomic E-state index is -0.313. The molecule has 0 aliphatic carbocycles. The van der Waals surface area contributed by atoms with Crippen molar-refractivity contribution in [2.45, 2.75) is 13.0 Å². The van der Waals surface area contributed by atoms with Gasteiger partial charge in [-0.2, -0.15) is 0 Å². The summed E-state index contributed by atoms with van der Waals surface area (Å²) < 4.78 is 1.98. The van der Waals surface area contributed by atoms with Gasteiger partial charge in [-0.3, -0.25) is 9.63 Å². The lowest BCUT2D eigenvalue weighted by atomic mass is 10.1. The van der Waals surface area contributed by atoms with Crippen molar-refractivity contribution in [3.8, 4) is 0 Å². The molecule has 0 unspecified atom stereocenters. The van der Waals surface area contributed by atoms with Crippen LogP contribution in [0.2, 0.25) is 0 Å². The number of hydroxylamine groups is 2. The molecule has 2 aromatic rings. The van der Waals surface area contributed by atoms with Gasteiger partial charge < -0.3 is 0 Å². The van der Waals surface area contributed by atoms with Crippen LogP contribution in [-0.2, 0) is 4.84 Å². The van der Waals surface area contributed by atoms with E-state index in [1.807, 2.05) is 37.3 Å². The van der Waals surface area contributed by atoms with Crippen molar-refractivity contribution in [1.29, 1.82) is 0 Å². The molecule has 1 heterocycles. The molecule has 0 radical (unpaired) electrons. The van der Waals surface area contributed by atoms with Gasteiger partial charge in [0.25, 0.3) is 5.91 Å². The summed E-state index contributed by atoms with van der Waals surface area (Å²) in [6.45, 7) is 1.96. The lowest BCUT2D eigenvalue weighted by Crippen LogP contribution is -2.29. The van der Waals surface area contributed by atoms with Crippen LogP contribution in [0.5, 0.6) is 0 Å². The highest BCUT2D eigenvalue weighted by atomic mass is 79.9. The summed E-state index contributed by atoms with van der Waals surface area (Å²) in [5.41, 5.74) is 1.39. The molecule has 0 spiro atoms. The summed E-state index contributed by atoms with van der Waals surface area (Å²) >= 11 is 3.26. The highest BCUT2D eigenvalue weighted by Gasteiger charge is 2.25. The fourth-order valence-electron chi connectivity index (χ4n) is 1.84. The van der Waals surface area contributed by atoms with Crippen molar-refractivity contribution in [2.75, 3.05) is 14.2 Å². The highest BCUT2D eigenvalue weighted by molar-refractivity contribution is 9.10. The zero-order chi connectivity index (χ0) is 14.7. The van der Waals surface area contributed by atoms with Crippen molar-refractivity contribution in [1.82, 2.24) is 20.1 Å². The second-order valence-corrected chi connectivity index (χ2v) is 5.00. The summed E-state index contributed by atoms with van der Waals surface area (Å²) in [5, 5.41) is 9.11. The van der Waals surface area contributed by atoms with E-state index in [0.29, 0.717) is 10.3 Å². The molecular weight excluding hydrogens is 324 g/mol. The maximum Gasteiger partial charge on any atom is 0.298 e. The van der Waals surface area contributed by atoms with E-state index >= 15 is 0 Å². The number of amides is 1. The van der Waals surface area contributed by atoms with Crippen molar-refractivity contribution >= 4 is 21.8 Å². The number of rotatable bonds is 4. The van der Waals surface area contributed by atoms with Crippen LogP contribution in [0.3, 0.4) is 0 Å². The second-order valence-electron chi connectivity index (χ2n) is 4.25. The topological polar surface area (TPSA) is 60.2 Å². The zero-order valence-electron chi connectivity index (χ0n) is 11.4. The lowest BCUT2D eigenvalue weighted by molar-refractivity contribution is -0.0764. The van der Waals surface area contributed by atoms with E-state index in [-0.39, 0.29) is 11.9 Å². The summed E-state index contributed by atoms with van der Waals surface area (Å²) in [7, 11) is 2.97. The Kier molecular flexibility index (Phi) is 4.51. The maximum atomic E-state index is 12.3. The Morgan fingerprint density at radius 2 is 2.05 bits per heavy atom. The minimum absolute atomic E-state index is 0.112. The third kappa shape index (κ3) is 2.73. The largest absolute Gasteiger partial charge is 0.298 e. The summed E-state index contributed by atoms with van der Waals surface area (Å²) in [5.74, 6) is -0.313. The third-order valence-corrected chi connectivity index (χ3v) is 3.60. The van der Waals surface area contributed by atoms with Gasteiger partial charge in [0.1, 0.15) is 0 Å². The Bertz CT molecular complexity index is 600. The molecule has 1 atom stereocenters. The number of carbonyl (C=O) groups excluding carboxylic acids is 1. The van der Waals surface area contributed by atoms with Crippen molar-refractivity contribution in [3.05, 3.63) is 46.2 Å². The molecule has 0 fully saturated rings. The van der Waals surface area contributed by atoms with E-state index in [4.69, 9.17) is 4.84 Å². The van der Waals surface area contributed by atoms with E-state index < -0.39 is 0 Å². The first-order chi connectivity index (χ1) is 9.56. The molecule has 0 N–H and O–H groups in total. The highest BCUT2D eigenvalue weighted by Crippen LogP contribution is 2.23. The molecule has 106 valence electrons. The Labute approximate surface area is 125 Å². The molecule has 7 heteroatoms. The van der Waals surface area contributed by atoms with Crippen LogP contribution in [-0.4, -0.2) is 40.1 Å². The molecule has 2 rings (SSSR count). The van der Waals surface area contributed by atoms with Crippen molar-refractivity contribution in [2.24, 2.45) is 0 Å². The van der Waals surface area contributed by atoms with E-state index in [1.54, 1.807) is 11.7 Å². The molecule has 0 saturated heterocycles. The van der Waals surface area contributed by atoms with Gasteiger partial charge in [0, 0.05) is 7.05 Å². The monoisotopic (exact) mass is 338 g/mol. The van der Waals surface area contributed by atoms with Gasteiger partial charge in [-0.1, -0.05) is 35.5 Å². The fourth-order valence-corrected chi connectivity index (χ4v) is 2.26. The number of aromatic nitrogens is 3. The second kappa shape index (κ2) is 6.15. The smallest absolute Gasteiger partial charge is 0.274 e. The fraction of sp³-hybridized carbons (Fsp3) is 0.308. The van der Waals surface area contributed by atoms with Gasteiger partial charge in [-0.25, -0.2) is 9.75 Å². The molecule has 0 aliphatic heterocycles. The molecule has 0 aliphatic rings. The van der Waals surface area contributed by atoms with Crippen LogP contribution >= 0.6 is 15.9 Å². The summed E-state index contributed by atoms with van der Waals surface area (Å²) in [4.78, 5) is 17.2. The van der Waals surface area contributed by atoms with Crippen LogP contribution in [0.25, 0.3) is 0 Å². The molecule has 1 aromatic heterocycles. The number of hydrogen-bond acceptors (Lipinski definition) is 4. The van der Waals surface area contributed by atoms with Crippen molar-refractivity contribution in [3.63, 3.8) is 0 Å². The average Bonchev–Trinajstić information content (AvgIpc) is 2.87. The lowest BCUT2D eigenvalue weighted by Gasteiger charge is -2.18. The van der Waals surface area contributed by atoms with Gasteiger partial charge in [-0.05, 0) is 28.4 Å². The van der Waals surface area contributed by atoms with Gasteiger partial charge >= 0.3 is 0 Å². The number of hydrogen-bond donors (Lipinski definition) is 0. The first kappa shape index (κ1) is 14.7. The number of benzene rings is 1. The Morgan fingerprint density at radius 3 is 2.65 bits per heavy atom. The Morgan fingerprint density at radius 1 is 1.40 bits per heavy atom.